The van der Waals surface area contributed by atoms with Crippen molar-refractivity contribution in [3.05, 3.63) is 91.5 Å². The number of rotatable bonds is 34. The van der Waals surface area contributed by atoms with Crippen molar-refractivity contribution in [3.63, 3.8) is 0 Å². The highest BCUT2D eigenvalue weighted by atomic mass is 19.1. The number of hydrogen-bond acceptors (Lipinski definition) is 18. The van der Waals surface area contributed by atoms with Gasteiger partial charge in [0.1, 0.15) is 31.4 Å². The lowest BCUT2D eigenvalue weighted by atomic mass is 9.81. The van der Waals surface area contributed by atoms with Gasteiger partial charge in [0.05, 0.1) is 67.5 Å². The smallest absolute Gasteiger partial charge is 0.407 e. The number of halogens is 1. The molecule has 0 spiro atoms. The molecule has 0 bridgehead atoms. The van der Waals surface area contributed by atoms with Gasteiger partial charge in [-0.05, 0) is 98.9 Å². The fraction of sp³-hybridized carbons (Fsp3) is 0.516. The van der Waals surface area contributed by atoms with Gasteiger partial charge in [-0.3, -0.25) is 38.4 Å². The largest absolute Gasteiger partial charge is 0.481 e. The molecular weight excluding hydrogens is 1160 g/mol. The first-order chi connectivity index (χ1) is 42.4. The van der Waals surface area contributed by atoms with E-state index in [1.807, 2.05) is 0 Å². The number of cyclic esters (lactones) is 1. The molecule has 3 aliphatic rings. The van der Waals surface area contributed by atoms with Crippen molar-refractivity contribution < 1.29 is 81.5 Å². The van der Waals surface area contributed by atoms with Gasteiger partial charge in [0.15, 0.2) is 17.2 Å². The van der Waals surface area contributed by atoms with Crippen molar-refractivity contribution >= 4 is 75.7 Å². The van der Waals surface area contributed by atoms with E-state index in [1.165, 1.54) is 10.6 Å². The first-order valence-corrected chi connectivity index (χ1v) is 29.8. The number of aromatic nitrogens is 2. The number of benzene rings is 2. The monoisotopic (exact) mass is 1240 g/mol. The van der Waals surface area contributed by atoms with Crippen LogP contribution in [-0.4, -0.2) is 138 Å². The van der Waals surface area contributed by atoms with E-state index in [0.717, 1.165) is 5.56 Å². The number of aliphatic carboxylic acids is 1. The molecule has 5 atom stereocenters. The number of alkyl carbamates (subject to hydrolysis) is 1. The number of Topliss-reactive ketones (excluding diaryl/α,β-unsaturated/α-hetero) is 3. The first-order valence-electron chi connectivity index (χ1n) is 29.8. The van der Waals surface area contributed by atoms with Gasteiger partial charge < -0.3 is 71.4 Å². The van der Waals surface area contributed by atoms with Crippen molar-refractivity contribution in [2.45, 2.75) is 136 Å². The number of hydrogen-bond donors (Lipinski definition) is 9. The van der Waals surface area contributed by atoms with Gasteiger partial charge in [-0.2, -0.15) is 0 Å². The average Bonchev–Trinajstić information content (AvgIpc) is 1.63. The molecule has 4 heterocycles. The van der Waals surface area contributed by atoms with Crippen LogP contribution in [0.4, 0.5) is 19.7 Å². The number of anilines is 1. The molecule has 2 aromatic heterocycles. The lowest BCUT2D eigenvalue weighted by molar-refractivity contribution is -0.172. The number of carboxylic acids is 1. The molecule has 89 heavy (non-hydrogen) atoms. The van der Waals surface area contributed by atoms with Crippen LogP contribution in [0.5, 0.6) is 0 Å². The number of urea groups is 1. The predicted octanol–water partition coefficient (Wildman–Crippen LogP) is 3.70. The molecule has 10 N–H and O–H groups in total. The number of pyridine rings is 2. The van der Waals surface area contributed by atoms with Crippen molar-refractivity contribution in [2.24, 2.45) is 23.5 Å². The highest BCUT2D eigenvalue weighted by Gasteiger charge is 2.46. The van der Waals surface area contributed by atoms with E-state index in [-0.39, 0.29) is 114 Å². The normalized spacial score (nSPS) is 16.4. The third-order valence-corrected chi connectivity index (χ3v) is 16.2. The molecule has 1 unspecified atom stereocenters. The molecule has 2 aromatic carbocycles. The summed E-state index contributed by atoms with van der Waals surface area (Å²) >= 11 is 0. The molecule has 27 heteroatoms. The summed E-state index contributed by atoms with van der Waals surface area (Å²) in [7, 11) is 1.75. The third kappa shape index (κ3) is 17.2. The van der Waals surface area contributed by atoms with E-state index < -0.39 is 113 Å². The number of carboxylic acid groups (broad SMARTS) is 1. The summed E-state index contributed by atoms with van der Waals surface area (Å²) in [5.74, 6) is -7.90. The van der Waals surface area contributed by atoms with Crippen LogP contribution in [0.2, 0.25) is 0 Å². The summed E-state index contributed by atoms with van der Waals surface area (Å²) in [4.78, 5) is 147. The Kier molecular flexibility index (Phi) is 23.7. The number of primary amides is 1. The number of ketones is 3. The van der Waals surface area contributed by atoms with Gasteiger partial charge in [0, 0.05) is 85.3 Å². The minimum absolute atomic E-state index is 0.0118. The maximum Gasteiger partial charge on any atom is 0.407 e. The minimum Gasteiger partial charge on any atom is -0.481 e. The summed E-state index contributed by atoms with van der Waals surface area (Å²) in [5, 5.41) is 37.6. The summed E-state index contributed by atoms with van der Waals surface area (Å²) < 4.78 is 38.4. The quantitative estimate of drug-likeness (QED) is 0.0209. The van der Waals surface area contributed by atoms with E-state index >= 15 is 4.39 Å². The SMILES string of the molecule is CC[C@@]1(O)C(=O)OCc2c1cc1n(c2=O)Cc2c-1nc1cc(F)c(C)c3c1c2[C@@H](NC(=O)COCCC(=O)CNC(=O)OCc1ccc(NC(=O)[C@H](CCCNC(N)=O)CC(=O)[C@@H](NC(=O)C(CCC(=O)O)CC(=O)CCOCCNC)C(C)C)cc1)CC3. The van der Waals surface area contributed by atoms with Crippen LogP contribution < -0.4 is 43.2 Å². The zero-order chi connectivity index (χ0) is 64.7. The number of carbonyl (C=O) groups excluding carboxylic acids is 9. The average molecular weight is 1240 g/mol. The number of ether oxygens (including phenoxy) is 4. The standard InChI is InChI=1S/C62H78FN9O17/c1-6-62(85)44-26-48-55-42(29-72(48)58(81)43(44)31-88-59(62)82)53-46(15-14-41-34(4)45(63)27-47(70-55)52(41)53)69-50(76)32-87-22-18-40(74)28-67-61(84)89-30-35-9-12-38(13-10-35)68-56(79)36(8-7-19-66-60(64)83)25-49(75)54(33(2)3)71-57(80)37(11-16-51(77)78)24-39(73)17-21-86-23-20-65-5/h9-10,12-13,26-27,33,36-37,46,54,65,85H,6-8,11,14-25,28-32H2,1-5H3,(H,67,84)(H,68,79)(H,69,76)(H,71,80)(H,77,78)(H3,64,66,83)/t36-,37?,46+,54+,62+/m1/s1. The number of likely N-dealkylation sites (N-methyl/N-ethyl adjacent to an activating group) is 1. The highest BCUT2D eigenvalue weighted by Crippen LogP contribution is 2.46. The predicted molar refractivity (Wildman–Crippen MR) is 318 cm³/mol. The van der Waals surface area contributed by atoms with E-state index in [2.05, 4.69) is 31.9 Å². The maximum absolute atomic E-state index is 15.4. The van der Waals surface area contributed by atoms with Gasteiger partial charge in [-0.15, -0.1) is 0 Å². The van der Waals surface area contributed by atoms with E-state index in [0.29, 0.717) is 76.2 Å². The molecule has 0 saturated heterocycles. The zero-order valence-corrected chi connectivity index (χ0v) is 50.6. The fourth-order valence-electron chi connectivity index (χ4n) is 11.3. The van der Waals surface area contributed by atoms with Crippen LogP contribution in [0.1, 0.15) is 130 Å². The summed E-state index contributed by atoms with van der Waals surface area (Å²) in [6, 6.07) is 6.63. The summed E-state index contributed by atoms with van der Waals surface area (Å²) in [5.41, 5.74) is 7.25. The van der Waals surface area contributed by atoms with E-state index in [4.69, 9.17) is 29.7 Å². The van der Waals surface area contributed by atoms with Crippen molar-refractivity contribution in [3.8, 4) is 11.4 Å². The topological polar surface area (TPSA) is 381 Å². The van der Waals surface area contributed by atoms with Crippen molar-refractivity contribution in [1.29, 1.82) is 0 Å². The highest BCUT2D eigenvalue weighted by molar-refractivity contribution is 5.98. The number of aryl methyl sites for hydroxylation is 1. The molecule has 4 aromatic rings. The van der Waals surface area contributed by atoms with Crippen LogP contribution in [0.25, 0.3) is 22.3 Å². The Morgan fingerprint density at radius 2 is 1.61 bits per heavy atom. The van der Waals surface area contributed by atoms with Crippen LogP contribution in [-0.2, 0) is 89.1 Å². The van der Waals surface area contributed by atoms with Gasteiger partial charge in [-0.1, -0.05) is 32.9 Å². The Balaban J connectivity index is 0.872. The molecule has 6 amide bonds. The van der Waals surface area contributed by atoms with Crippen LogP contribution in [0, 0.1) is 30.5 Å². The molecule has 0 fully saturated rings. The molecule has 26 nitrogen and oxygen atoms in total. The number of carbonyl (C=O) groups is 10. The Hall–Kier alpha value is -8.53. The van der Waals surface area contributed by atoms with E-state index in [1.54, 1.807) is 65.1 Å². The van der Waals surface area contributed by atoms with Gasteiger partial charge >= 0.3 is 24.1 Å². The number of fused-ring (bicyclic) bond motifs is 5. The van der Waals surface area contributed by atoms with Gasteiger partial charge in [0.2, 0.25) is 17.7 Å². The third-order valence-electron chi connectivity index (χ3n) is 16.2. The summed E-state index contributed by atoms with van der Waals surface area (Å²) in [6.07, 6.45) is -1.06. The second kappa shape index (κ2) is 31.1. The number of nitrogens with one attached hydrogen (secondary N) is 6. The van der Waals surface area contributed by atoms with Crippen LogP contribution in [0.3, 0.4) is 0 Å². The number of nitrogens with two attached hydrogens (primary N) is 1. The number of esters is 1. The summed E-state index contributed by atoms with van der Waals surface area (Å²) in [6.45, 7) is 6.35. The molecular formula is C62H78FN9O17. The first kappa shape index (κ1) is 68.0. The van der Waals surface area contributed by atoms with Crippen LogP contribution in [0.15, 0.2) is 41.2 Å². The van der Waals surface area contributed by atoms with Crippen LogP contribution >= 0.6 is 0 Å². The van der Waals surface area contributed by atoms with Gasteiger partial charge in [-0.25, -0.2) is 23.8 Å². The Morgan fingerprint density at radius 1 is 0.888 bits per heavy atom. The zero-order valence-electron chi connectivity index (χ0n) is 50.6. The molecule has 7 rings (SSSR count). The Bertz CT molecular complexity index is 3430. The second-order valence-electron chi connectivity index (χ2n) is 22.8. The Labute approximate surface area is 512 Å². The van der Waals surface area contributed by atoms with Crippen molar-refractivity contribution in [1.82, 2.24) is 36.1 Å². The molecule has 2 aliphatic heterocycles. The Morgan fingerprint density at radius 3 is 2.30 bits per heavy atom. The number of nitrogens with zero attached hydrogens (tertiary/aromatic N) is 2. The lowest BCUT2D eigenvalue weighted by Crippen LogP contribution is -2.48. The lowest BCUT2D eigenvalue weighted by Gasteiger charge is -2.31. The number of amides is 6. The van der Waals surface area contributed by atoms with Gasteiger partial charge in [0.25, 0.3) is 5.56 Å². The number of aliphatic hydroxyl groups is 1. The minimum atomic E-state index is -2.05. The fourth-order valence-corrected chi connectivity index (χ4v) is 11.3. The molecule has 0 radical (unpaired) electrons. The maximum atomic E-state index is 15.4. The molecule has 0 saturated carbocycles. The van der Waals surface area contributed by atoms with E-state index in [9.17, 15) is 63.0 Å². The van der Waals surface area contributed by atoms with Crippen molar-refractivity contribution in [2.75, 3.05) is 58.4 Å². The second-order valence-corrected chi connectivity index (χ2v) is 22.8. The molecule has 480 valence electrons. The molecule has 1 aliphatic carbocycles.